The molecule has 0 spiro atoms. The van der Waals surface area contributed by atoms with E-state index < -0.39 is 0 Å². The van der Waals surface area contributed by atoms with Gasteiger partial charge in [0.2, 0.25) is 0 Å². The maximum absolute atomic E-state index is 13.7. The van der Waals surface area contributed by atoms with Gasteiger partial charge in [-0.15, -0.1) is 23.7 Å². The molecule has 1 atom stereocenters. The summed E-state index contributed by atoms with van der Waals surface area (Å²) in [5.74, 6) is 1.57. The van der Waals surface area contributed by atoms with Crippen LogP contribution in [0.3, 0.4) is 0 Å². The first-order valence-electron chi connectivity index (χ1n) is 11.0. The second-order valence-corrected chi connectivity index (χ2v) is 9.70. The highest BCUT2D eigenvalue weighted by atomic mass is 35.5. The summed E-state index contributed by atoms with van der Waals surface area (Å²) < 4.78 is 10.9. The molecule has 7 heteroatoms. The molecular formula is C25H29ClN2O3S. The van der Waals surface area contributed by atoms with Gasteiger partial charge in [-0.3, -0.25) is 4.79 Å². The summed E-state index contributed by atoms with van der Waals surface area (Å²) in [6.07, 6.45) is 3.33. The molecule has 32 heavy (non-hydrogen) atoms. The Hall–Kier alpha value is -2.15. The van der Waals surface area contributed by atoms with Crippen molar-refractivity contribution in [1.82, 2.24) is 9.88 Å². The quantitative estimate of drug-likeness (QED) is 0.519. The molecule has 5 rings (SSSR count). The molecule has 170 valence electrons. The number of amides is 1. The predicted octanol–water partition coefficient (Wildman–Crippen LogP) is 5.30. The summed E-state index contributed by atoms with van der Waals surface area (Å²) in [7, 11) is 1.67. The Labute approximate surface area is 199 Å². The van der Waals surface area contributed by atoms with E-state index >= 15 is 0 Å². The number of halogens is 1. The molecule has 2 aromatic heterocycles. The number of hydrogen-bond donors (Lipinski definition) is 0. The Morgan fingerprint density at radius 3 is 2.62 bits per heavy atom. The monoisotopic (exact) mass is 472 g/mol. The van der Waals surface area contributed by atoms with Gasteiger partial charge in [-0.1, -0.05) is 19.1 Å². The van der Waals surface area contributed by atoms with E-state index in [1.807, 2.05) is 35.3 Å². The number of morpholine rings is 1. The number of aryl methyl sites for hydroxylation is 2. The minimum atomic E-state index is 0. The van der Waals surface area contributed by atoms with Gasteiger partial charge in [-0.05, 0) is 55.4 Å². The van der Waals surface area contributed by atoms with Crippen LogP contribution >= 0.6 is 23.7 Å². The second kappa shape index (κ2) is 9.38. The Morgan fingerprint density at radius 1 is 1.22 bits per heavy atom. The first-order valence-corrected chi connectivity index (χ1v) is 11.8. The maximum atomic E-state index is 13.7. The fourth-order valence-electron chi connectivity index (χ4n) is 4.82. The van der Waals surface area contributed by atoms with Crippen LogP contribution in [-0.2, 0) is 17.6 Å². The molecule has 3 aromatic rings. The largest absolute Gasteiger partial charge is 0.497 e. The van der Waals surface area contributed by atoms with Crippen molar-refractivity contribution in [2.24, 2.45) is 5.92 Å². The van der Waals surface area contributed by atoms with E-state index in [9.17, 15) is 4.79 Å². The number of carbonyl (C=O) groups is 1. The van der Waals surface area contributed by atoms with Crippen molar-refractivity contribution in [3.8, 4) is 16.9 Å². The molecule has 5 nitrogen and oxygen atoms in total. The highest BCUT2D eigenvalue weighted by Gasteiger charge is 2.30. The van der Waals surface area contributed by atoms with Crippen molar-refractivity contribution in [2.45, 2.75) is 33.1 Å². The summed E-state index contributed by atoms with van der Waals surface area (Å²) in [5, 5.41) is 1.18. The smallest absolute Gasteiger partial charge is 0.256 e. The molecule has 1 aliphatic carbocycles. The van der Waals surface area contributed by atoms with Gasteiger partial charge in [0.15, 0.2) is 0 Å². The molecule has 1 aliphatic heterocycles. The fraction of sp³-hybridized carbons (Fsp3) is 0.440. The number of rotatable bonds is 3. The van der Waals surface area contributed by atoms with Gasteiger partial charge in [-0.25, -0.2) is 4.98 Å². The zero-order valence-corrected chi connectivity index (χ0v) is 20.4. The molecule has 0 N–H and O–H groups in total. The number of pyridine rings is 1. The highest BCUT2D eigenvalue weighted by Crippen LogP contribution is 2.44. The molecule has 2 aliphatic rings. The van der Waals surface area contributed by atoms with Crippen LogP contribution < -0.4 is 4.74 Å². The van der Waals surface area contributed by atoms with Crippen molar-refractivity contribution >= 4 is 39.9 Å². The topological polar surface area (TPSA) is 51.7 Å². The van der Waals surface area contributed by atoms with Crippen LogP contribution in [0.5, 0.6) is 5.75 Å². The van der Waals surface area contributed by atoms with E-state index in [0.29, 0.717) is 32.2 Å². The van der Waals surface area contributed by atoms with Crippen LogP contribution in [0.1, 0.15) is 39.8 Å². The van der Waals surface area contributed by atoms with Crippen LogP contribution in [0.15, 0.2) is 24.3 Å². The molecule has 1 unspecified atom stereocenters. The van der Waals surface area contributed by atoms with Crippen LogP contribution in [-0.4, -0.2) is 49.2 Å². The highest BCUT2D eigenvalue weighted by molar-refractivity contribution is 7.19. The number of benzene rings is 1. The zero-order valence-electron chi connectivity index (χ0n) is 18.8. The first kappa shape index (κ1) is 23.0. The summed E-state index contributed by atoms with van der Waals surface area (Å²) in [6, 6.07) is 8.08. The predicted molar refractivity (Wildman–Crippen MR) is 132 cm³/mol. The number of carbonyl (C=O) groups excluding carboxylic acids is 1. The van der Waals surface area contributed by atoms with E-state index in [-0.39, 0.29) is 18.3 Å². The minimum Gasteiger partial charge on any atom is -0.497 e. The van der Waals surface area contributed by atoms with Gasteiger partial charge in [0, 0.05) is 28.9 Å². The van der Waals surface area contributed by atoms with Crippen molar-refractivity contribution < 1.29 is 14.3 Å². The van der Waals surface area contributed by atoms with Crippen LogP contribution in [0.4, 0.5) is 0 Å². The van der Waals surface area contributed by atoms with Crippen LogP contribution in [0, 0.1) is 12.8 Å². The molecule has 1 aromatic carbocycles. The number of hydrogen-bond acceptors (Lipinski definition) is 5. The summed E-state index contributed by atoms with van der Waals surface area (Å²) in [4.78, 5) is 23.1. The second-order valence-electron chi connectivity index (χ2n) is 8.61. The van der Waals surface area contributed by atoms with Crippen molar-refractivity contribution in [3.05, 3.63) is 46.0 Å². The van der Waals surface area contributed by atoms with Crippen LogP contribution in [0.25, 0.3) is 21.3 Å². The minimum absolute atomic E-state index is 0. The SMILES string of the molecule is COc1ccc(-c2c(C(=O)N3CCOCC3)c(C)nc3sc4c(c23)CCC(C)C4)cc1.Cl. The van der Waals surface area contributed by atoms with E-state index in [1.54, 1.807) is 7.11 Å². The van der Waals surface area contributed by atoms with E-state index in [4.69, 9.17) is 14.5 Å². The molecular weight excluding hydrogens is 444 g/mol. The molecule has 1 fully saturated rings. The van der Waals surface area contributed by atoms with Crippen molar-refractivity contribution in [1.29, 1.82) is 0 Å². The number of nitrogens with zero attached hydrogens (tertiary/aromatic N) is 2. The molecule has 1 saturated heterocycles. The number of aromatic nitrogens is 1. The molecule has 0 bridgehead atoms. The zero-order chi connectivity index (χ0) is 21.5. The van der Waals surface area contributed by atoms with Crippen molar-refractivity contribution in [3.63, 3.8) is 0 Å². The lowest BCUT2D eigenvalue weighted by atomic mass is 9.86. The maximum Gasteiger partial charge on any atom is 0.256 e. The lowest BCUT2D eigenvalue weighted by Gasteiger charge is -2.28. The van der Waals surface area contributed by atoms with Crippen molar-refractivity contribution in [2.75, 3.05) is 33.4 Å². The Morgan fingerprint density at radius 2 is 1.94 bits per heavy atom. The van der Waals surface area contributed by atoms with E-state index in [1.165, 1.54) is 22.2 Å². The third-order valence-corrected chi connectivity index (χ3v) is 7.66. The normalized spacial score (nSPS) is 18.2. The third kappa shape index (κ3) is 4.00. The van der Waals surface area contributed by atoms with Gasteiger partial charge < -0.3 is 14.4 Å². The van der Waals surface area contributed by atoms with Gasteiger partial charge in [-0.2, -0.15) is 0 Å². The summed E-state index contributed by atoms with van der Waals surface area (Å²) in [6.45, 7) is 6.72. The Balaban J connectivity index is 0.00000245. The molecule has 3 heterocycles. The third-order valence-electron chi connectivity index (χ3n) is 6.52. The number of methoxy groups -OCH3 is 1. The van der Waals surface area contributed by atoms with Crippen LogP contribution in [0.2, 0.25) is 0 Å². The van der Waals surface area contributed by atoms with Gasteiger partial charge >= 0.3 is 0 Å². The van der Waals surface area contributed by atoms with Gasteiger partial charge in [0.25, 0.3) is 5.91 Å². The standard InChI is InChI=1S/C25H28N2O3S.ClH/c1-15-4-9-19-20(14-15)31-24-23(19)22(17-5-7-18(29-3)8-6-17)21(16(2)26-24)25(28)27-10-12-30-13-11-27;/h5-8,15H,4,9-14H2,1-3H3;1H. The lowest BCUT2D eigenvalue weighted by molar-refractivity contribution is 0.0302. The van der Waals surface area contributed by atoms with E-state index in [0.717, 1.165) is 45.8 Å². The summed E-state index contributed by atoms with van der Waals surface area (Å²) >= 11 is 1.81. The van der Waals surface area contributed by atoms with Gasteiger partial charge in [0.05, 0.1) is 31.6 Å². The molecule has 0 radical (unpaired) electrons. The average molecular weight is 473 g/mol. The van der Waals surface area contributed by atoms with Gasteiger partial charge in [0.1, 0.15) is 10.6 Å². The summed E-state index contributed by atoms with van der Waals surface area (Å²) in [5.41, 5.74) is 5.02. The number of ether oxygens (including phenoxy) is 2. The number of thiophene rings is 1. The number of fused-ring (bicyclic) bond motifs is 3. The molecule has 1 amide bonds. The molecule has 0 saturated carbocycles. The Kier molecular flexibility index (Phi) is 6.75. The first-order chi connectivity index (χ1) is 15.1. The van der Waals surface area contributed by atoms with E-state index in [2.05, 4.69) is 19.1 Å². The Bertz CT molecular complexity index is 1140. The lowest BCUT2D eigenvalue weighted by Crippen LogP contribution is -2.41. The average Bonchev–Trinajstić information content (AvgIpc) is 3.15. The fourth-order valence-corrected chi connectivity index (χ4v) is 6.26.